The molecule has 1 aromatic carbocycles. The van der Waals surface area contributed by atoms with Crippen molar-refractivity contribution in [2.45, 2.75) is 0 Å². The Labute approximate surface area is 119 Å². The van der Waals surface area contributed by atoms with E-state index in [1.165, 1.54) is 10.8 Å². The predicted octanol–water partition coefficient (Wildman–Crippen LogP) is 2.91. The van der Waals surface area contributed by atoms with Gasteiger partial charge in [0.1, 0.15) is 16.8 Å². The van der Waals surface area contributed by atoms with Crippen LogP contribution < -0.4 is 5.56 Å². The third kappa shape index (κ3) is 1.94. The summed E-state index contributed by atoms with van der Waals surface area (Å²) in [5.41, 5.74) is 1.03. The van der Waals surface area contributed by atoms with Crippen molar-refractivity contribution in [2.75, 3.05) is 0 Å². The third-order valence-corrected chi connectivity index (χ3v) is 3.22. The Balaban J connectivity index is 2.44. The Bertz CT molecular complexity index is 892. The molecular weight excluding hydrogens is 274 g/mol. The lowest BCUT2D eigenvalue weighted by Gasteiger charge is -2.10. The van der Waals surface area contributed by atoms with Crippen LogP contribution in [-0.2, 0) is 0 Å². The van der Waals surface area contributed by atoms with Crippen molar-refractivity contribution in [3.8, 4) is 11.8 Å². The molecule has 0 radical (unpaired) electrons. The molecule has 4 nitrogen and oxygen atoms in total. The highest BCUT2D eigenvalue weighted by Crippen LogP contribution is 2.17. The lowest BCUT2D eigenvalue weighted by atomic mass is 10.1. The lowest BCUT2D eigenvalue weighted by molar-refractivity contribution is 1.02. The molecule has 0 aliphatic rings. The van der Waals surface area contributed by atoms with Crippen LogP contribution in [0, 0.1) is 11.3 Å². The van der Waals surface area contributed by atoms with Gasteiger partial charge in [0.05, 0.1) is 17.4 Å². The summed E-state index contributed by atoms with van der Waals surface area (Å²) in [4.78, 5) is 16.4. The molecule has 20 heavy (non-hydrogen) atoms. The van der Waals surface area contributed by atoms with Crippen molar-refractivity contribution in [3.63, 3.8) is 0 Å². The van der Waals surface area contributed by atoms with E-state index in [2.05, 4.69) is 4.98 Å². The zero-order valence-corrected chi connectivity index (χ0v) is 11.0. The van der Waals surface area contributed by atoms with Gasteiger partial charge in [-0.3, -0.25) is 9.36 Å². The summed E-state index contributed by atoms with van der Waals surface area (Å²) >= 11 is 5.76. The van der Waals surface area contributed by atoms with Crippen LogP contribution in [0.1, 0.15) is 5.56 Å². The maximum Gasteiger partial charge on any atom is 0.273 e. The van der Waals surface area contributed by atoms with Gasteiger partial charge in [-0.15, -0.1) is 0 Å². The van der Waals surface area contributed by atoms with Crippen LogP contribution in [0.3, 0.4) is 0 Å². The van der Waals surface area contributed by atoms with Crippen LogP contribution in [-0.4, -0.2) is 9.55 Å². The summed E-state index contributed by atoms with van der Waals surface area (Å²) in [6.07, 6.45) is 1.51. The molecule has 0 saturated carbocycles. The molecular formula is C15H8ClN3O. The first-order valence-corrected chi connectivity index (χ1v) is 6.25. The van der Waals surface area contributed by atoms with E-state index >= 15 is 0 Å². The van der Waals surface area contributed by atoms with Crippen LogP contribution in [0.5, 0.6) is 0 Å². The fourth-order valence-corrected chi connectivity index (χ4v) is 2.21. The Morgan fingerprint density at radius 2 is 2.00 bits per heavy atom. The normalized spacial score (nSPS) is 10.4. The Kier molecular flexibility index (Phi) is 2.97. The van der Waals surface area contributed by atoms with E-state index in [0.717, 1.165) is 10.9 Å². The van der Waals surface area contributed by atoms with Crippen LogP contribution in [0.4, 0.5) is 0 Å². The third-order valence-electron chi connectivity index (χ3n) is 3.00. The number of pyridine rings is 2. The Morgan fingerprint density at radius 3 is 2.70 bits per heavy atom. The molecule has 0 unspecified atom stereocenters. The second kappa shape index (κ2) is 4.80. The molecule has 2 heterocycles. The largest absolute Gasteiger partial charge is 0.274 e. The number of hydrogen-bond acceptors (Lipinski definition) is 3. The van der Waals surface area contributed by atoms with Crippen molar-refractivity contribution in [1.29, 1.82) is 5.26 Å². The van der Waals surface area contributed by atoms with Gasteiger partial charge in [-0.05, 0) is 24.3 Å². The van der Waals surface area contributed by atoms with Gasteiger partial charge in [0.2, 0.25) is 0 Å². The van der Waals surface area contributed by atoms with E-state index in [1.807, 2.05) is 30.3 Å². The zero-order valence-electron chi connectivity index (χ0n) is 10.2. The van der Waals surface area contributed by atoms with E-state index in [4.69, 9.17) is 16.9 Å². The molecule has 2 aromatic heterocycles. The molecule has 0 atom stereocenters. The molecule has 0 fully saturated rings. The standard InChI is InChI=1S/C15H8ClN3O/c16-14-6-5-12(9-18-14)19-13-4-2-1-3-10(13)7-11(8-17)15(19)20/h1-7,9H. The topological polar surface area (TPSA) is 58.7 Å². The summed E-state index contributed by atoms with van der Waals surface area (Å²) < 4.78 is 1.47. The summed E-state index contributed by atoms with van der Waals surface area (Å²) in [6.45, 7) is 0. The van der Waals surface area contributed by atoms with Gasteiger partial charge < -0.3 is 0 Å². The lowest BCUT2D eigenvalue weighted by Crippen LogP contribution is -2.21. The number of nitrogens with zero attached hydrogens (tertiary/aromatic N) is 3. The fraction of sp³-hybridized carbons (Fsp3) is 0. The molecule has 96 valence electrons. The van der Waals surface area contributed by atoms with Gasteiger partial charge in [0.25, 0.3) is 5.56 Å². The van der Waals surface area contributed by atoms with Crippen LogP contribution in [0.2, 0.25) is 5.15 Å². The highest BCUT2D eigenvalue weighted by Gasteiger charge is 2.10. The van der Waals surface area contributed by atoms with Crippen LogP contribution in [0.25, 0.3) is 16.6 Å². The van der Waals surface area contributed by atoms with Crippen molar-refractivity contribution < 1.29 is 0 Å². The summed E-state index contributed by atoms with van der Waals surface area (Å²) in [7, 11) is 0. The fourth-order valence-electron chi connectivity index (χ4n) is 2.10. The van der Waals surface area contributed by atoms with E-state index in [0.29, 0.717) is 10.8 Å². The number of rotatable bonds is 1. The second-order valence-corrected chi connectivity index (χ2v) is 4.60. The van der Waals surface area contributed by atoms with Crippen molar-refractivity contribution in [1.82, 2.24) is 9.55 Å². The smallest absolute Gasteiger partial charge is 0.273 e. The quantitative estimate of drug-likeness (QED) is 0.644. The molecule has 3 aromatic rings. The van der Waals surface area contributed by atoms with Crippen LogP contribution >= 0.6 is 11.6 Å². The first-order chi connectivity index (χ1) is 9.70. The number of para-hydroxylation sites is 1. The maximum atomic E-state index is 12.4. The number of hydrogen-bond donors (Lipinski definition) is 0. The zero-order chi connectivity index (χ0) is 14.1. The highest BCUT2D eigenvalue weighted by molar-refractivity contribution is 6.29. The number of fused-ring (bicyclic) bond motifs is 1. The first-order valence-electron chi connectivity index (χ1n) is 5.87. The van der Waals surface area contributed by atoms with Crippen molar-refractivity contribution in [2.24, 2.45) is 0 Å². The van der Waals surface area contributed by atoms with Crippen molar-refractivity contribution >= 4 is 22.5 Å². The Morgan fingerprint density at radius 1 is 1.20 bits per heavy atom. The molecule has 0 saturated heterocycles. The molecule has 0 aliphatic carbocycles. The molecule has 0 bridgehead atoms. The summed E-state index contributed by atoms with van der Waals surface area (Å²) in [5.74, 6) is 0. The van der Waals surface area contributed by atoms with Gasteiger partial charge >= 0.3 is 0 Å². The monoisotopic (exact) mass is 281 g/mol. The highest BCUT2D eigenvalue weighted by atomic mass is 35.5. The number of benzene rings is 1. The minimum absolute atomic E-state index is 0.0960. The molecule has 0 amide bonds. The maximum absolute atomic E-state index is 12.4. The molecule has 0 aliphatic heterocycles. The van der Waals surface area contributed by atoms with Crippen LogP contribution in [0.15, 0.2) is 53.5 Å². The van der Waals surface area contributed by atoms with Gasteiger partial charge in [-0.2, -0.15) is 5.26 Å². The van der Waals surface area contributed by atoms with Gasteiger partial charge in [-0.25, -0.2) is 4.98 Å². The summed E-state index contributed by atoms with van der Waals surface area (Å²) in [5, 5.41) is 10.3. The number of nitriles is 1. The molecule has 0 spiro atoms. The SMILES string of the molecule is N#Cc1cc2ccccc2n(-c2ccc(Cl)nc2)c1=O. The van der Waals surface area contributed by atoms with E-state index in [1.54, 1.807) is 18.2 Å². The second-order valence-electron chi connectivity index (χ2n) is 4.21. The van der Waals surface area contributed by atoms with Gasteiger partial charge in [0.15, 0.2) is 0 Å². The minimum atomic E-state index is -0.365. The molecule has 5 heteroatoms. The van der Waals surface area contributed by atoms with Gasteiger partial charge in [0, 0.05) is 5.39 Å². The minimum Gasteiger partial charge on any atom is -0.274 e. The van der Waals surface area contributed by atoms with E-state index < -0.39 is 0 Å². The number of aromatic nitrogens is 2. The Hall–Kier alpha value is -2.64. The number of halogens is 1. The summed E-state index contributed by atoms with van der Waals surface area (Å²) in [6, 6.07) is 14.2. The van der Waals surface area contributed by atoms with Gasteiger partial charge in [-0.1, -0.05) is 29.8 Å². The molecule has 3 rings (SSSR count). The average Bonchev–Trinajstić information content (AvgIpc) is 2.48. The van der Waals surface area contributed by atoms with E-state index in [9.17, 15) is 4.79 Å². The van der Waals surface area contributed by atoms with Crippen molar-refractivity contribution in [3.05, 3.63) is 69.7 Å². The van der Waals surface area contributed by atoms with E-state index in [-0.39, 0.29) is 11.1 Å². The first kappa shape index (κ1) is 12.4. The average molecular weight is 282 g/mol. The molecule has 0 N–H and O–H groups in total. The predicted molar refractivity (Wildman–Crippen MR) is 77.1 cm³/mol.